The molecule has 2 N–H and O–H groups in total. The molecule has 0 spiro atoms. The molecular formula is C13H16BrN3O2. The Morgan fingerprint density at radius 1 is 1.63 bits per heavy atom. The quantitative estimate of drug-likeness (QED) is 0.817. The second-order valence-corrected chi connectivity index (χ2v) is 5.47. The van der Waals surface area contributed by atoms with Crippen LogP contribution in [0.3, 0.4) is 0 Å². The maximum absolute atomic E-state index is 11.9. The van der Waals surface area contributed by atoms with E-state index in [9.17, 15) is 9.90 Å². The van der Waals surface area contributed by atoms with Gasteiger partial charge in [-0.2, -0.15) is 5.10 Å². The fourth-order valence-corrected chi connectivity index (χ4v) is 2.73. The van der Waals surface area contributed by atoms with Crippen LogP contribution in [0.25, 0.3) is 0 Å². The van der Waals surface area contributed by atoms with Gasteiger partial charge in [0.15, 0.2) is 0 Å². The number of rotatable bonds is 4. The van der Waals surface area contributed by atoms with E-state index in [1.165, 1.54) is 4.68 Å². The Morgan fingerprint density at radius 3 is 3.05 bits per heavy atom. The summed E-state index contributed by atoms with van der Waals surface area (Å²) in [5.41, 5.74) is 0.382. The molecule has 0 aromatic carbocycles. The van der Waals surface area contributed by atoms with Crippen molar-refractivity contribution >= 4 is 21.6 Å². The van der Waals surface area contributed by atoms with E-state index in [0.29, 0.717) is 16.7 Å². The molecule has 1 aliphatic carbocycles. The number of halogens is 1. The summed E-state index contributed by atoms with van der Waals surface area (Å²) in [5, 5.41) is 16.9. The van der Waals surface area contributed by atoms with Gasteiger partial charge in [0.05, 0.1) is 18.0 Å². The van der Waals surface area contributed by atoms with Crippen LogP contribution < -0.4 is 10.9 Å². The van der Waals surface area contributed by atoms with Gasteiger partial charge in [-0.05, 0) is 28.8 Å². The first-order valence-corrected chi connectivity index (χ1v) is 7.03. The van der Waals surface area contributed by atoms with Crippen LogP contribution in [-0.4, -0.2) is 27.5 Å². The average Bonchev–Trinajstić information content (AvgIpc) is 2.80. The van der Waals surface area contributed by atoms with Gasteiger partial charge in [0.1, 0.15) is 11.0 Å². The molecule has 1 saturated carbocycles. The summed E-state index contributed by atoms with van der Waals surface area (Å²) in [6.07, 6.45) is 9.41. The van der Waals surface area contributed by atoms with Gasteiger partial charge in [0.25, 0.3) is 5.56 Å². The summed E-state index contributed by atoms with van der Waals surface area (Å²) in [5.74, 6) is 2.62. The third-order valence-electron chi connectivity index (χ3n) is 3.40. The first kappa shape index (κ1) is 14.1. The van der Waals surface area contributed by atoms with Crippen molar-refractivity contribution in [3.8, 4) is 12.3 Å². The highest BCUT2D eigenvalue weighted by molar-refractivity contribution is 9.10. The van der Waals surface area contributed by atoms with E-state index in [2.05, 4.69) is 32.3 Å². The van der Waals surface area contributed by atoms with Crippen molar-refractivity contribution in [2.24, 2.45) is 5.92 Å². The van der Waals surface area contributed by atoms with Gasteiger partial charge < -0.3 is 10.4 Å². The van der Waals surface area contributed by atoms with E-state index in [1.807, 2.05) is 0 Å². The zero-order chi connectivity index (χ0) is 13.8. The second kappa shape index (κ2) is 6.22. The lowest BCUT2D eigenvalue weighted by molar-refractivity contribution is 0.138. The maximum atomic E-state index is 11.9. The molecule has 1 fully saturated rings. The molecule has 0 aliphatic heterocycles. The Labute approximate surface area is 120 Å². The number of terminal acetylenes is 1. The summed E-state index contributed by atoms with van der Waals surface area (Å²) in [6, 6.07) is 0. The van der Waals surface area contributed by atoms with E-state index >= 15 is 0 Å². The molecule has 1 aromatic rings. The van der Waals surface area contributed by atoms with E-state index in [-0.39, 0.29) is 24.1 Å². The van der Waals surface area contributed by atoms with Crippen molar-refractivity contribution in [2.75, 3.05) is 11.9 Å². The molecule has 0 radical (unpaired) electrons. The van der Waals surface area contributed by atoms with Crippen LogP contribution in [0.15, 0.2) is 15.5 Å². The minimum absolute atomic E-state index is 0.152. The number of hydrogen-bond acceptors (Lipinski definition) is 4. The lowest BCUT2D eigenvalue weighted by Crippen LogP contribution is -2.26. The fraction of sp³-hybridized carbons (Fsp3) is 0.538. The highest BCUT2D eigenvalue weighted by Gasteiger charge is 2.25. The molecule has 2 atom stereocenters. The van der Waals surface area contributed by atoms with Gasteiger partial charge in [0.2, 0.25) is 0 Å². The predicted octanol–water partition coefficient (Wildman–Crippen LogP) is 1.21. The summed E-state index contributed by atoms with van der Waals surface area (Å²) < 4.78 is 1.64. The van der Waals surface area contributed by atoms with Crippen LogP contribution in [0.4, 0.5) is 5.69 Å². The molecule has 102 valence electrons. The minimum Gasteiger partial charge on any atom is -0.393 e. The zero-order valence-corrected chi connectivity index (χ0v) is 12.1. The molecule has 5 nitrogen and oxygen atoms in total. The largest absolute Gasteiger partial charge is 0.393 e. The molecule has 2 rings (SSSR count). The number of aromatic nitrogens is 2. The number of aliphatic hydroxyl groups excluding tert-OH is 1. The van der Waals surface area contributed by atoms with Gasteiger partial charge in [-0.3, -0.25) is 4.79 Å². The standard InChI is InChI=1S/C13H16BrN3O2/c1-2-6-17-13(19)12(14)10(8-16-17)15-7-9-4-3-5-11(9)18/h1,8-9,11,15,18H,3-7H2. The second-order valence-electron chi connectivity index (χ2n) is 4.68. The number of nitrogens with one attached hydrogen (secondary N) is 1. The Balaban J connectivity index is 2.07. The number of anilines is 1. The van der Waals surface area contributed by atoms with Gasteiger partial charge in [-0.25, -0.2) is 4.68 Å². The molecule has 1 aromatic heterocycles. The smallest absolute Gasteiger partial charge is 0.284 e. The number of aliphatic hydroxyl groups is 1. The lowest BCUT2D eigenvalue weighted by Gasteiger charge is -2.16. The van der Waals surface area contributed by atoms with Crippen LogP contribution in [0.1, 0.15) is 19.3 Å². The third kappa shape index (κ3) is 3.17. The topological polar surface area (TPSA) is 67.2 Å². The molecular weight excluding hydrogens is 310 g/mol. The molecule has 19 heavy (non-hydrogen) atoms. The first-order valence-electron chi connectivity index (χ1n) is 6.24. The van der Waals surface area contributed by atoms with Gasteiger partial charge >= 0.3 is 0 Å². The van der Waals surface area contributed by atoms with Gasteiger partial charge in [0, 0.05) is 12.5 Å². The summed E-state index contributed by atoms with van der Waals surface area (Å²) in [7, 11) is 0. The van der Waals surface area contributed by atoms with Crippen molar-refractivity contribution in [1.29, 1.82) is 0 Å². The Kier molecular flexibility index (Phi) is 4.61. The van der Waals surface area contributed by atoms with Gasteiger partial charge in [-0.15, -0.1) is 6.42 Å². The third-order valence-corrected chi connectivity index (χ3v) is 4.17. The van der Waals surface area contributed by atoms with Crippen LogP contribution in [-0.2, 0) is 6.54 Å². The molecule has 0 saturated heterocycles. The molecule has 0 amide bonds. The molecule has 0 bridgehead atoms. The van der Waals surface area contributed by atoms with Crippen LogP contribution in [0.2, 0.25) is 0 Å². The minimum atomic E-state index is -0.255. The maximum Gasteiger partial charge on any atom is 0.284 e. The lowest BCUT2D eigenvalue weighted by atomic mass is 10.1. The fourth-order valence-electron chi connectivity index (χ4n) is 2.28. The normalized spacial score (nSPS) is 22.2. The summed E-state index contributed by atoms with van der Waals surface area (Å²) in [4.78, 5) is 11.9. The van der Waals surface area contributed by atoms with E-state index < -0.39 is 0 Å². The number of nitrogens with zero attached hydrogens (tertiary/aromatic N) is 2. The van der Waals surface area contributed by atoms with E-state index in [0.717, 1.165) is 19.3 Å². The highest BCUT2D eigenvalue weighted by atomic mass is 79.9. The molecule has 1 heterocycles. The van der Waals surface area contributed by atoms with Crippen LogP contribution in [0, 0.1) is 18.3 Å². The monoisotopic (exact) mass is 325 g/mol. The first-order chi connectivity index (χ1) is 9.13. The van der Waals surface area contributed by atoms with Crippen molar-refractivity contribution in [1.82, 2.24) is 9.78 Å². The molecule has 6 heteroatoms. The Morgan fingerprint density at radius 2 is 2.42 bits per heavy atom. The summed E-state index contributed by atoms with van der Waals surface area (Å²) in [6.45, 7) is 0.791. The molecule has 2 unspecified atom stereocenters. The number of hydrogen-bond donors (Lipinski definition) is 2. The van der Waals surface area contributed by atoms with Crippen molar-refractivity contribution in [2.45, 2.75) is 31.9 Å². The highest BCUT2D eigenvalue weighted by Crippen LogP contribution is 2.26. The zero-order valence-electron chi connectivity index (χ0n) is 10.5. The average molecular weight is 326 g/mol. The Hall–Kier alpha value is -1.32. The Bertz CT molecular complexity index is 550. The van der Waals surface area contributed by atoms with Crippen molar-refractivity contribution in [3.63, 3.8) is 0 Å². The summed E-state index contributed by atoms with van der Waals surface area (Å²) >= 11 is 3.26. The van der Waals surface area contributed by atoms with E-state index in [1.54, 1.807) is 6.20 Å². The SMILES string of the molecule is C#CCn1ncc(NCC2CCCC2O)c(Br)c1=O. The van der Waals surface area contributed by atoms with Crippen molar-refractivity contribution in [3.05, 3.63) is 21.0 Å². The van der Waals surface area contributed by atoms with Gasteiger partial charge in [-0.1, -0.05) is 12.3 Å². The molecule has 1 aliphatic rings. The van der Waals surface area contributed by atoms with E-state index in [4.69, 9.17) is 6.42 Å². The van der Waals surface area contributed by atoms with Crippen molar-refractivity contribution < 1.29 is 5.11 Å². The van der Waals surface area contributed by atoms with Crippen LogP contribution in [0.5, 0.6) is 0 Å². The van der Waals surface area contributed by atoms with Crippen LogP contribution >= 0.6 is 15.9 Å². The predicted molar refractivity (Wildman–Crippen MR) is 76.9 cm³/mol.